The first-order valence-corrected chi connectivity index (χ1v) is 12.8. The number of rotatable bonds is 7. The van der Waals surface area contributed by atoms with Gasteiger partial charge in [-0.05, 0) is 80.9 Å². The number of Topliss-reactive ketones (excluding diaryl/α,β-unsaturated/α-hetero) is 2. The Hall–Kier alpha value is -1.64. The first-order chi connectivity index (χ1) is 16.5. The van der Waals surface area contributed by atoms with Crippen LogP contribution in [0.4, 0.5) is 13.2 Å². The van der Waals surface area contributed by atoms with Gasteiger partial charge in [0.15, 0.2) is 11.9 Å². The SMILES string of the molecule is O=C(CC12CCC(C(=O)CC3CC(OC(F)(F)F)C3)(CC1)CC2)[C@H]1C[C@@H](O)c2cc(Cl)ccc2O1. The van der Waals surface area contributed by atoms with Crippen molar-refractivity contribution in [1.82, 2.24) is 0 Å². The van der Waals surface area contributed by atoms with Gasteiger partial charge in [0.2, 0.25) is 0 Å². The largest absolute Gasteiger partial charge is 0.522 e. The molecule has 5 nitrogen and oxygen atoms in total. The van der Waals surface area contributed by atoms with E-state index in [4.69, 9.17) is 16.3 Å². The van der Waals surface area contributed by atoms with E-state index in [9.17, 15) is 27.9 Å². The molecule has 1 aliphatic heterocycles. The number of hydrogen-bond acceptors (Lipinski definition) is 5. The van der Waals surface area contributed by atoms with Crippen LogP contribution in [0.15, 0.2) is 18.2 Å². The fraction of sp³-hybridized carbons (Fsp3) is 0.692. The van der Waals surface area contributed by atoms with Gasteiger partial charge < -0.3 is 9.84 Å². The van der Waals surface area contributed by atoms with Crippen LogP contribution < -0.4 is 4.74 Å². The van der Waals surface area contributed by atoms with E-state index in [1.54, 1.807) is 18.2 Å². The third-order valence-corrected chi connectivity index (χ3v) is 9.14. The Morgan fingerprint density at radius 2 is 1.74 bits per heavy atom. The van der Waals surface area contributed by atoms with Crippen LogP contribution >= 0.6 is 11.6 Å². The molecule has 1 aromatic rings. The van der Waals surface area contributed by atoms with Gasteiger partial charge in [0.1, 0.15) is 11.5 Å². The molecule has 1 heterocycles. The molecule has 4 aliphatic carbocycles. The maximum atomic E-state index is 13.2. The van der Waals surface area contributed by atoms with E-state index in [0.717, 1.165) is 38.5 Å². The lowest BCUT2D eigenvalue weighted by Crippen LogP contribution is -2.49. The van der Waals surface area contributed by atoms with Gasteiger partial charge in [-0.1, -0.05) is 11.6 Å². The van der Waals surface area contributed by atoms with Crippen molar-refractivity contribution >= 4 is 23.2 Å². The highest BCUT2D eigenvalue weighted by atomic mass is 35.5. The highest BCUT2D eigenvalue weighted by molar-refractivity contribution is 6.30. The fourth-order valence-electron chi connectivity index (χ4n) is 6.65. The zero-order chi connectivity index (χ0) is 25.0. The third-order valence-electron chi connectivity index (χ3n) is 8.91. The Morgan fingerprint density at radius 3 is 2.37 bits per heavy atom. The van der Waals surface area contributed by atoms with Gasteiger partial charge in [-0.3, -0.25) is 14.3 Å². The summed E-state index contributed by atoms with van der Waals surface area (Å²) in [4.78, 5) is 26.3. The van der Waals surface area contributed by atoms with Crippen LogP contribution in [0.25, 0.3) is 0 Å². The lowest BCUT2D eigenvalue weighted by Gasteiger charge is -2.53. The topological polar surface area (TPSA) is 72.8 Å². The number of carbonyl (C=O) groups is 2. The standard InChI is InChI=1S/C26H30ClF3O5/c27-16-1-2-21-18(12-16)19(31)13-22(34-21)20(32)14-24-3-6-25(7-4-24,8-5-24)23(33)11-15-9-17(10-15)35-26(28,29)30/h1-2,12,15,17,19,22,31H,3-11,13-14H2/t15?,17?,19-,22-,24?,25?/m1/s1. The van der Waals surface area contributed by atoms with Crippen molar-refractivity contribution < 1.29 is 37.3 Å². The molecule has 4 saturated carbocycles. The van der Waals surface area contributed by atoms with E-state index in [1.807, 2.05) is 0 Å². The summed E-state index contributed by atoms with van der Waals surface area (Å²) in [7, 11) is 0. The molecule has 2 atom stereocenters. The Labute approximate surface area is 207 Å². The van der Waals surface area contributed by atoms with Crippen molar-refractivity contribution in [3.63, 3.8) is 0 Å². The molecule has 1 aromatic carbocycles. The summed E-state index contributed by atoms with van der Waals surface area (Å²) in [5, 5.41) is 11.0. The number of ketones is 2. The molecule has 5 aliphatic rings. The molecular weight excluding hydrogens is 485 g/mol. The quantitative estimate of drug-likeness (QED) is 0.476. The van der Waals surface area contributed by atoms with Crippen LogP contribution in [0.2, 0.25) is 5.02 Å². The van der Waals surface area contributed by atoms with Crippen molar-refractivity contribution in [2.75, 3.05) is 0 Å². The van der Waals surface area contributed by atoms with E-state index in [0.29, 0.717) is 29.2 Å². The predicted octanol–water partition coefficient (Wildman–Crippen LogP) is 6.10. The van der Waals surface area contributed by atoms with Crippen LogP contribution in [-0.2, 0) is 14.3 Å². The Balaban J connectivity index is 1.13. The van der Waals surface area contributed by atoms with Gasteiger partial charge in [-0.2, -0.15) is 0 Å². The molecule has 0 spiro atoms. The van der Waals surface area contributed by atoms with Crippen molar-refractivity contribution in [2.24, 2.45) is 16.7 Å². The average molecular weight is 515 g/mol. The molecule has 1 N–H and O–H groups in total. The Kier molecular flexibility index (Phi) is 6.46. The van der Waals surface area contributed by atoms with Gasteiger partial charge in [0.25, 0.3) is 0 Å². The zero-order valence-corrected chi connectivity index (χ0v) is 20.2. The fourth-order valence-corrected chi connectivity index (χ4v) is 6.83. The average Bonchev–Trinajstić information content (AvgIpc) is 2.78. The summed E-state index contributed by atoms with van der Waals surface area (Å²) in [6, 6.07) is 5.01. The molecule has 192 valence electrons. The minimum Gasteiger partial charge on any atom is -0.482 e. The van der Waals surface area contributed by atoms with E-state index in [-0.39, 0.29) is 42.2 Å². The van der Waals surface area contributed by atoms with E-state index < -0.39 is 30.1 Å². The lowest BCUT2D eigenvalue weighted by molar-refractivity contribution is -0.354. The Morgan fingerprint density at radius 1 is 1.09 bits per heavy atom. The summed E-state index contributed by atoms with van der Waals surface area (Å²) < 4.78 is 47.0. The summed E-state index contributed by atoms with van der Waals surface area (Å²) in [5.74, 6) is 0.601. The van der Waals surface area contributed by atoms with E-state index in [1.165, 1.54) is 0 Å². The van der Waals surface area contributed by atoms with E-state index in [2.05, 4.69) is 4.74 Å². The minimum absolute atomic E-state index is 0.0180. The normalized spacial score (nSPS) is 36.1. The lowest BCUT2D eigenvalue weighted by atomic mass is 9.50. The van der Waals surface area contributed by atoms with Crippen LogP contribution in [0.5, 0.6) is 5.75 Å². The second kappa shape index (κ2) is 9.03. The van der Waals surface area contributed by atoms with Crippen molar-refractivity contribution in [2.45, 2.75) is 95.3 Å². The highest BCUT2D eigenvalue weighted by Crippen LogP contribution is 2.60. The second-order valence-corrected chi connectivity index (χ2v) is 11.6. The molecule has 0 saturated heterocycles. The van der Waals surface area contributed by atoms with Crippen molar-refractivity contribution in [1.29, 1.82) is 0 Å². The minimum atomic E-state index is -4.62. The maximum Gasteiger partial charge on any atom is 0.522 e. The van der Waals surface area contributed by atoms with Crippen molar-refractivity contribution in [3.05, 3.63) is 28.8 Å². The summed E-state index contributed by atoms with van der Waals surface area (Å²) in [6.45, 7) is 0. The number of hydrogen-bond donors (Lipinski definition) is 1. The Bertz CT molecular complexity index is 979. The number of aliphatic hydroxyl groups excluding tert-OH is 1. The van der Waals surface area contributed by atoms with E-state index >= 15 is 0 Å². The number of benzene rings is 1. The highest BCUT2D eigenvalue weighted by Gasteiger charge is 2.53. The van der Waals surface area contributed by atoms with Gasteiger partial charge in [0.05, 0.1) is 12.2 Å². The zero-order valence-electron chi connectivity index (χ0n) is 19.4. The van der Waals surface area contributed by atoms with Gasteiger partial charge >= 0.3 is 6.36 Å². The number of halogens is 4. The second-order valence-electron chi connectivity index (χ2n) is 11.1. The van der Waals surface area contributed by atoms with Crippen molar-refractivity contribution in [3.8, 4) is 5.75 Å². The molecule has 0 amide bonds. The third kappa shape index (κ3) is 5.12. The molecule has 0 unspecified atom stereocenters. The number of alkyl halides is 3. The molecule has 0 aromatic heterocycles. The smallest absolute Gasteiger partial charge is 0.482 e. The molecule has 2 bridgehead atoms. The van der Waals surface area contributed by atoms with Gasteiger partial charge in [-0.25, -0.2) is 0 Å². The summed E-state index contributed by atoms with van der Waals surface area (Å²) in [5.41, 5.74) is 0.0628. The molecule has 0 radical (unpaired) electrons. The number of aliphatic hydroxyl groups is 1. The maximum absolute atomic E-state index is 13.2. The van der Waals surface area contributed by atoms with Crippen LogP contribution in [-0.4, -0.2) is 35.2 Å². The van der Waals surface area contributed by atoms with Gasteiger partial charge in [0, 0.05) is 35.3 Å². The molecule has 35 heavy (non-hydrogen) atoms. The van der Waals surface area contributed by atoms with Crippen LogP contribution in [0, 0.1) is 16.7 Å². The first-order valence-electron chi connectivity index (χ1n) is 12.4. The van der Waals surface area contributed by atoms with Crippen LogP contribution in [0.3, 0.4) is 0 Å². The molecule has 9 heteroatoms. The number of carbonyl (C=O) groups excluding carboxylic acids is 2. The summed E-state index contributed by atoms with van der Waals surface area (Å²) in [6.07, 6.45) is -0.961. The summed E-state index contributed by atoms with van der Waals surface area (Å²) >= 11 is 6.01. The van der Waals surface area contributed by atoms with Gasteiger partial charge in [-0.15, -0.1) is 13.2 Å². The monoisotopic (exact) mass is 514 g/mol. The van der Waals surface area contributed by atoms with Crippen LogP contribution in [0.1, 0.15) is 82.3 Å². The number of ether oxygens (including phenoxy) is 2. The molecule has 4 fully saturated rings. The number of fused-ring (bicyclic) bond motifs is 4. The molecular formula is C26H30ClF3O5. The first kappa shape index (κ1) is 25.0. The molecule has 6 rings (SSSR count). The predicted molar refractivity (Wildman–Crippen MR) is 121 cm³/mol.